The molecule has 0 aliphatic heterocycles. The van der Waals surface area contributed by atoms with Crippen LogP contribution in [0, 0.1) is 19.7 Å². The number of aromatic nitrogens is 1. The first-order valence-corrected chi connectivity index (χ1v) is 6.39. The fourth-order valence-corrected chi connectivity index (χ4v) is 2.41. The molecule has 0 aliphatic carbocycles. The van der Waals surface area contributed by atoms with Gasteiger partial charge in [0.1, 0.15) is 5.82 Å². The average molecular weight is 250 g/mol. The molecule has 0 atom stereocenters. The van der Waals surface area contributed by atoms with Crippen LogP contribution in [0.5, 0.6) is 0 Å². The van der Waals surface area contributed by atoms with E-state index in [-0.39, 0.29) is 5.82 Å². The van der Waals surface area contributed by atoms with Gasteiger partial charge in [-0.25, -0.2) is 9.37 Å². The zero-order chi connectivity index (χ0) is 12.3. The van der Waals surface area contributed by atoms with Gasteiger partial charge in [-0.05, 0) is 37.1 Å². The van der Waals surface area contributed by atoms with Crippen LogP contribution in [0.15, 0.2) is 23.7 Å². The van der Waals surface area contributed by atoms with Crippen LogP contribution in [0.1, 0.15) is 21.7 Å². The van der Waals surface area contributed by atoms with Gasteiger partial charge in [0.25, 0.3) is 0 Å². The number of nitrogens with zero attached hydrogens (tertiary/aromatic N) is 1. The van der Waals surface area contributed by atoms with Crippen LogP contribution in [0.25, 0.3) is 0 Å². The monoisotopic (exact) mass is 250 g/mol. The Morgan fingerprint density at radius 1 is 1.29 bits per heavy atom. The van der Waals surface area contributed by atoms with Gasteiger partial charge in [0, 0.05) is 18.0 Å². The molecule has 1 heterocycles. The molecule has 0 fully saturated rings. The standard InChI is InChI=1S/C13H15FN2S/c1-9-5-12(14)4-3-11(9)6-15-7-13-10(2)16-8-17-13/h3-5,8,15H,6-7H2,1-2H3. The molecule has 2 aromatic rings. The van der Waals surface area contributed by atoms with Crippen molar-refractivity contribution in [3.05, 3.63) is 51.2 Å². The molecule has 0 amide bonds. The molecular weight excluding hydrogens is 235 g/mol. The predicted octanol–water partition coefficient (Wildman–Crippen LogP) is 3.19. The molecule has 0 unspecified atom stereocenters. The Bertz CT molecular complexity index is 508. The number of rotatable bonds is 4. The second kappa shape index (κ2) is 5.38. The number of benzene rings is 1. The van der Waals surface area contributed by atoms with E-state index in [4.69, 9.17) is 0 Å². The molecule has 0 saturated carbocycles. The van der Waals surface area contributed by atoms with Crippen molar-refractivity contribution >= 4 is 11.3 Å². The topological polar surface area (TPSA) is 24.9 Å². The number of nitrogens with one attached hydrogen (secondary N) is 1. The number of hydrogen-bond donors (Lipinski definition) is 1. The summed E-state index contributed by atoms with van der Waals surface area (Å²) in [4.78, 5) is 5.45. The van der Waals surface area contributed by atoms with Crippen LogP contribution in [0.3, 0.4) is 0 Å². The molecular formula is C13H15FN2S. The molecule has 2 nitrogen and oxygen atoms in total. The lowest BCUT2D eigenvalue weighted by molar-refractivity contribution is 0.623. The fourth-order valence-electron chi connectivity index (χ4n) is 1.66. The number of halogens is 1. The van der Waals surface area contributed by atoms with Crippen LogP contribution in [0.2, 0.25) is 0 Å². The fraction of sp³-hybridized carbons (Fsp3) is 0.308. The highest BCUT2D eigenvalue weighted by Crippen LogP contribution is 2.13. The summed E-state index contributed by atoms with van der Waals surface area (Å²) in [6.07, 6.45) is 0. The van der Waals surface area contributed by atoms with E-state index in [1.807, 2.05) is 25.4 Å². The van der Waals surface area contributed by atoms with Gasteiger partial charge in [-0.1, -0.05) is 6.07 Å². The summed E-state index contributed by atoms with van der Waals surface area (Å²) >= 11 is 1.66. The molecule has 0 spiro atoms. The van der Waals surface area contributed by atoms with Crippen LogP contribution in [-0.4, -0.2) is 4.98 Å². The van der Waals surface area contributed by atoms with Crippen molar-refractivity contribution in [3.8, 4) is 0 Å². The van der Waals surface area contributed by atoms with Gasteiger partial charge in [-0.2, -0.15) is 0 Å². The maximum absolute atomic E-state index is 12.9. The second-order valence-electron chi connectivity index (χ2n) is 4.04. The SMILES string of the molecule is Cc1cc(F)ccc1CNCc1scnc1C. The van der Waals surface area contributed by atoms with Gasteiger partial charge >= 0.3 is 0 Å². The Balaban J connectivity index is 1.92. The van der Waals surface area contributed by atoms with Gasteiger partial charge in [0.2, 0.25) is 0 Å². The second-order valence-corrected chi connectivity index (χ2v) is 4.97. The summed E-state index contributed by atoms with van der Waals surface area (Å²) in [7, 11) is 0. The van der Waals surface area contributed by atoms with E-state index in [1.165, 1.54) is 10.9 Å². The minimum absolute atomic E-state index is 0.176. The lowest BCUT2D eigenvalue weighted by Gasteiger charge is -2.07. The van der Waals surface area contributed by atoms with E-state index in [0.717, 1.165) is 29.9 Å². The van der Waals surface area contributed by atoms with Gasteiger partial charge in [0.15, 0.2) is 0 Å². The summed E-state index contributed by atoms with van der Waals surface area (Å²) in [6, 6.07) is 4.90. The van der Waals surface area contributed by atoms with E-state index in [2.05, 4.69) is 10.3 Å². The zero-order valence-corrected chi connectivity index (χ0v) is 10.8. The molecule has 0 saturated heterocycles. The first kappa shape index (κ1) is 12.2. The number of hydrogen-bond acceptors (Lipinski definition) is 3. The van der Waals surface area contributed by atoms with Gasteiger partial charge in [0.05, 0.1) is 11.2 Å². The third-order valence-electron chi connectivity index (χ3n) is 2.75. The maximum atomic E-state index is 12.9. The summed E-state index contributed by atoms with van der Waals surface area (Å²) in [5, 5.41) is 3.35. The average Bonchev–Trinajstić information content (AvgIpc) is 2.68. The van der Waals surface area contributed by atoms with Crippen molar-refractivity contribution in [1.82, 2.24) is 10.3 Å². The highest BCUT2D eigenvalue weighted by molar-refractivity contribution is 7.09. The summed E-state index contributed by atoms with van der Waals surface area (Å²) in [5.74, 6) is -0.176. The molecule has 90 valence electrons. The van der Waals surface area contributed by atoms with Crippen molar-refractivity contribution in [3.63, 3.8) is 0 Å². The Kier molecular flexibility index (Phi) is 3.86. The molecule has 17 heavy (non-hydrogen) atoms. The number of thiazole rings is 1. The molecule has 4 heteroatoms. The van der Waals surface area contributed by atoms with Crippen molar-refractivity contribution in [2.75, 3.05) is 0 Å². The quantitative estimate of drug-likeness (QED) is 0.901. The minimum atomic E-state index is -0.176. The lowest BCUT2D eigenvalue weighted by Crippen LogP contribution is -2.13. The Morgan fingerprint density at radius 3 is 2.76 bits per heavy atom. The third-order valence-corrected chi connectivity index (χ3v) is 3.69. The largest absolute Gasteiger partial charge is 0.308 e. The van der Waals surface area contributed by atoms with Crippen LogP contribution >= 0.6 is 11.3 Å². The van der Waals surface area contributed by atoms with Crippen LogP contribution in [0.4, 0.5) is 4.39 Å². The normalized spacial score (nSPS) is 10.8. The molecule has 0 radical (unpaired) electrons. The highest BCUT2D eigenvalue weighted by atomic mass is 32.1. The first-order chi connectivity index (χ1) is 8.16. The van der Waals surface area contributed by atoms with E-state index in [9.17, 15) is 4.39 Å². The molecule has 0 bridgehead atoms. The minimum Gasteiger partial charge on any atom is -0.308 e. The Labute approximate surface area is 105 Å². The Morgan fingerprint density at radius 2 is 2.12 bits per heavy atom. The van der Waals surface area contributed by atoms with E-state index >= 15 is 0 Å². The van der Waals surface area contributed by atoms with E-state index < -0.39 is 0 Å². The third kappa shape index (κ3) is 3.11. The molecule has 0 aliphatic rings. The highest BCUT2D eigenvalue weighted by Gasteiger charge is 2.02. The van der Waals surface area contributed by atoms with Gasteiger partial charge < -0.3 is 5.32 Å². The lowest BCUT2D eigenvalue weighted by atomic mass is 10.1. The van der Waals surface area contributed by atoms with Crippen molar-refractivity contribution in [2.45, 2.75) is 26.9 Å². The Hall–Kier alpha value is -1.26. The van der Waals surface area contributed by atoms with Crippen LogP contribution < -0.4 is 5.32 Å². The summed E-state index contributed by atoms with van der Waals surface area (Å²) in [6.45, 7) is 5.51. The summed E-state index contributed by atoms with van der Waals surface area (Å²) < 4.78 is 12.9. The van der Waals surface area contributed by atoms with Crippen molar-refractivity contribution < 1.29 is 4.39 Å². The molecule has 1 N–H and O–H groups in total. The first-order valence-electron chi connectivity index (χ1n) is 5.51. The van der Waals surface area contributed by atoms with E-state index in [1.54, 1.807) is 17.4 Å². The zero-order valence-electron chi connectivity index (χ0n) is 9.96. The smallest absolute Gasteiger partial charge is 0.123 e. The van der Waals surface area contributed by atoms with E-state index in [0.29, 0.717) is 0 Å². The molecule has 2 rings (SSSR count). The molecule has 1 aromatic heterocycles. The van der Waals surface area contributed by atoms with Crippen molar-refractivity contribution in [1.29, 1.82) is 0 Å². The maximum Gasteiger partial charge on any atom is 0.123 e. The predicted molar refractivity (Wildman–Crippen MR) is 68.5 cm³/mol. The van der Waals surface area contributed by atoms with Crippen LogP contribution in [-0.2, 0) is 13.1 Å². The van der Waals surface area contributed by atoms with Crippen molar-refractivity contribution in [2.24, 2.45) is 0 Å². The number of aryl methyl sites for hydroxylation is 2. The van der Waals surface area contributed by atoms with Gasteiger partial charge in [-0.15, -0.1) is 11.3 Å². The summed E-state index contributed by atoms with van der Waals surface area (Å²) in [5.41, 5.74) is 5.06. The van der Waals surface area contributed by atoms with Gasteiger partial charge in [-0.3, -0.25) is 0 Å². The molecule has 1 aromatic carbocycles.